The molecule has 0 saturated carbocycles. The molecule has 0 amide bonds. The number of carboxylic acids is 1. The normalized spacial score (nSPS) is 21.6. The van der Waals surface area contributed by atoms with Crippen molar-refractivity contribution >= 4 is 5.97 Å². The monoisotopic (exact) mass is 283 g/mol. The largest absolute Gasteiger partial charge is 0.480 e. The fraction of sp³-hybridized carbons (Fsp3) is 0.533. The summed E-state index contributed by atoms with van der Waals surface area (Å²) in [6, 6.07) is 2.60. The fourth-order valence-corrected chi connectivity index (χ4v) is 3.00. The van der Waals surface area contributed by atoms with Crippen molar-refractivity contribution < 1.29 is 18.7 Å². The molecule has 1 aromatic rings. The van der Waals surface area contributed by atoms with Crippen molar-refractivity contribution in [3.63, 3.8) is 0 Å². The molecule has 1 aromatic carbocycles. The Labute approximate surface area is 117 Å². The van der Waals surface area contributed by atoms with E-state index in [2.05, 4.69) is 0 Å². The van der Waals surface area contributed by atoms with E-state index in [1.54, 1.807) is 0 Å². The Hall–Kier alpha value is -1.49. The molecule has 5 heteroatoms. The molecule has 1 N–H and O–H groups in total. The second-order valence-corrected chi connectivity index (χ2v) is 5.18. The average Bonchev–Trinajstić information content (AvgIpc) is 2.42. The van der Waals surface area contributed by atoms with Crippen molar-refractivity contribution in [2.45, 2.75) is 44.7 Å². The summed E-state index contributed by atoms with van der Waals surface area (Å²) in [6.07, 6.45) is 2.94. The predicted molar refractivity (Wildman–Crippen MR) is 71.4 cm³/mol. The molecule has 20 heavy (non-hydrogen) atoms. The van der Waals surface area contributed by atoms with Crippen LogP contribution in [0.25, 0.3) is 0 Å². The average molecular weight is 283 g/mol. The Morgan fingerprint density at radius 1 is 1.45 bits per heavy atom. The minimum Gasteiger partial charge on any atom is -0.480 e. The standard InChI is InChI=1S/C15H19F2NO2/c1-2-13(11-7-6-10(16)9-12(11)17)18-8-4-3-5-14(18)15(19)20/h6-7,9,13-14H,2-5,8H2,1H3,(H,19,20). The molecule has 2 unspecified atom stereocenters. The van der Waals surface area contributed by atoms with Gasteiger partial charge in [-0.2, -0.15) is 0 Å². The first-order chi connectivity index (χ1) is 9.54. The van der Waals surface area contributed by atoms with Crippen molar-refractivity contribution in [1.82, 2.24) is 4.90 Å². The van der Waals surface area contributed by atoms with Crippen molar-refractivity contribution in [1.29, 1.82) is 0 Å². The first-order valence-electron chi connectivity index (χ1n) is 6.98. The number of carboxylic acid groups (broad SMARTS) is 1. The van der Waals surface area contributed by atoms with Gasteiger partial charge in [-0.15, -0.1) is 0 Å². The zero-order valence-electron chi connectivity index (χ0n) is 11.5. The molecule has 0 bridgehead atoms. The highest BCUT2D eigenvalue weighted by Gasteiger charge is 2.34. The van der Waals surface area contributed by atoms with Gasteiger partial charge in [0.05, 0.1) is 0 Å². The third-order valence-electron chi connectivity index (χ3n) is 3.94. The molecule has 2 atom stereocenters. The summed E-state index contributed by atoms with van der Waals surface area (Å²) in [7, 11) is 0. The van der Waals surface area contributed by atoms with Crippen LogP contribution in [0.2, 0.25) is 0 Å². The summed E-state index contributed by atoms with van der Waals surface area (Å²) in [5.74, 6) is -2.09. The van der Waals surface area contributed by atoms with Gasteiger partial charge in [0.1, 0.15) is 17.7 Å². The van der Waals surface area contributed by atoms with Gasteiger partial charge in [-0.05, 0) is 31.9 Å². The maximum absolute atomic E-state index is 14.0. The number of piperidine rings is 1. The van der Waals surface area contributed by atoms with Crippen LogP contribution >= 0.6 is 0 Å². The third kappa shape index (κ3) is 2.98. The van der Waals surface area contributed by atoms with Crippen molar-refractivity contribution in [3.05, 3.63) is 35.4 Å². The van der Waals surface area contributed by atoms with E-state index in [0.717, 1.165) is 18.9 Å². The predicted octanol–water partition coefficient (Wildman–Crippen LogP) is 3.36. The zero-order chi connectivity index (χ0) is 14.7. The van der Waals surface area contributed by atoms with E-state index in [-0.39, 0.29) is 6.04 Å². The van der Waals surface area contributed by atoms with Crippen LogP contribution in [0.3, 0.4) is 0 Å². The molecule has 110 valence electrons. The molecular weight excluding hydrogens is 264 g/mol. The Bertz CT molecular complexity index is 493. The number of rotatable bonds is 4. The van der Waals surface area contributed by atoms with E-state index in [0.29, 0.717) is 24.9 Å². The van der Waals surface area contributed by atoms with Crippen LogP contribution in [0.5, 0.6) is 0 Å². The number of halogens is 2. The van der Waals surface area contributed by atoms with Crippen LogP contribution < -0.4 is 0 Å². The number of likely N-dealkylation sites (tertiary alicyclic amines) is 1. The summed E-state index contributed by atoms with van der Waals surface area (Å²) in [5, 5.41) is 9.32. The third-order valence-corrected chi connectivity index (χ3v) is 3.94. The summed E-state index contributed by atoms with van der Waals surface area (Å²) in [4.78, 5) is 13.2. The van der Waals surface area contributed by atoms with E-state index in [1.165, 1.54) is 12.1 Å². The van der Waals surface area contributed by atoms with E-state index >= 15 is 0 Å². The van der Waals surface area contributed by atoms with E-state index < -0.39 is 23.6 Å². The SMILES string of the molecule is CCC(c1ccc(F)cc1F)N1CCCCC1C(=O)O. The topological polar surface area (TPSA) is 40.5 Å². The molecule has 3 nitrogen and oxygen atoms in total. The number of aliphatic carboxylic acids is 1. The van der Waals surface area contributed by atoms with Gasteiger partial charge in [-0.3, -0.25) is 9.69 Å². The van der Waals surface area contributed by atoms with Gasteiger partial charge in [-0.25, -0.2) is 8.78 Å². The molecule has 1 aliphatic heterocycles. The van der Waals surface area contributed by atoms with E-state index in [1.807, 2.05) is 11.8 Å². The van der Waals surface area contributed by atoms with Crippen LogP contribution in [0, 0.1) is 11.6 Å². The first kappa shape index (κ1) is 14.9. The highest BCUT2D eigenvalue weighted by Crippen LogP contribution is 2.32. The fourth-order valence-electron chi connectivity index (χ4n) is 3.00. The lowest BCUT2D eigenvalue weighted by atomic mass is 9.94. The summed E-state index contributed by atoms with van der Waals surface area (Å²) in [5.41, 5.74) is 0.377. The van der Waals surface area contributed by atoms with Gasteiger partial charge in [-0.1, -0.05) is 19.4 Å². The number of nitrogens with zero attached hydrogens (tertiary/aromatic N) is 1. The van der Waals surface area contributed by atoms with Gasteiger partial charge in [0.25, 0.3) is 0 Å². The minimum atomic E-state index is -0.870. The molecule has 1 saturated heterocycles. The van der Waals surface area contributed by atoms with E-state index in [9.17, 15) is 18.7 Å². The molecule has 1 fully saturated rings. The number of carbonyl (C=O) groups is 1. The number of hydrogen-bond donors (Lipinski definition) is 1. The zero-order valence-corrected chi connectivity index (χ0v) is 11.5. The lowest BCUT2D eigenvalue weighted by Gasteiger charge is -2.39. The van der Waals surface area contributed by atoms with Crippen LogP contribution in [-0.2, 0) is 4.79 Å². The van der Waals surface area contributed by atoms with Gasteiger partial charge < -0.3 is 5.11 Å². The van der Waals surface area contributed by atoms with Gasteiger partial charge in [0, 0.05) is 17.7 Å². The molecule has 1 heterocycles. The molecule has 1 aliphatic rings. The smallest absolute Gasteiger partial charge is 0.320 e. The molecule has 0 aliphatic carbocycles. The van der Waals surface area contributed by atoms with Gasteiger partial charge in [0.15, 0.2) is 0 Å². The maximum atomic E-state index is 14.0. The molecular formula is C15H19F2NO2. The summed E-state index contributed by atoms with van der Waals surface area (Å²) < 4.78 is 27.0. The first-order valence-corrected chi connectivity index (χ1v) is 6.98. The molecule has 0 aromatic heterocycles. The maximum Gasteiger partial charge on any atom is 0.320 e. The van der Waals surface area contributed by atoms with Crippen molar-refractivity contribution in [2.24, 2.45) is 0 Å². The molecule has 0 spiro atoms. The highest BCUT2D eigenvalue weighted by molar-refractivity contribution is 5.73. The van der Waals surface area contributed by atoms with Crippen molar-refractivity contribution in [2.75, 3.05) is 6.54 Å². The van der Waals surface area contributed by atoms with Gasteiger partial charge >= 0.3 is 5.97 Å². The Kier molecular flexibility index (Phi) is 4.70. The number of hydrogen-bond acceptors (Lipinski definition) is 2. The van der Waals surface area contributed by atoms with Gasteiger partial charge in [0.2, 0.25) is 0 Å². The Morgan fingerprint density at radius 2 is 2.20 bits per heavy atom. The highest BCUT2D eigenvalue weighted by atomic mass is 19.1. The van der Waals surface area contributed by atoms with Crippen LogP contribution in [0.4, 0.5) is 8.78 Å². The van der Waals surface area contributed by atoms with Crippen LogP contribution in [0.15, 0.2) is 18.2 Å². The lowest BCUT2D eigenvalue weighted by molar-refractivity contribution is -0.146. The Morgan fingerprint density at radius 3 is 2.80 bits per heavy atom. The van der Waals surface area contributed by atoms with Crippen LogP contribution in [0.1, 0.15) is 44.2 Å². The van der Waals surface area contributed by atoms with Crippen molar-refractivity contribution in [3.8, 4) is 0 Å². The second-order valence-electron chi connectivity index (χ2n) is 5.18. The molecule has 0 radical (unpaired) electrons. The second kappa shape index (κ2) is 6.31. The lowest BCUT2D eigenvalue weighted by Crippen LogP contribution is -2.46. The number of benzene rings is 1. The summed E-state index contributed by atoms with van der Waals surface area (Å²) >= 11 is 0. The Balaban J connectivity index is 2.32. The van der Waals surface area contributed by atoms with Crippen LogP contribution in [-0.4, -0.2) is 28.6 Å². The summed E-state index contributed by atoms with van der Waals surface area (Å²) in [6.45, 7) is 2.52. The quantitative estimate of drug-likeness (QED) is 0.921. The minimum absolute atomic E-state index is 0.322. The molecule has 2 rings (SSSR count). The van der Waals surface area contributed by atoms with E-state index in [4.69, 9.17) is 0 Å².